The van der Waals surface area contributed by atoms with Gasteiger partial charge >= 0.3 is 17.9 Å². The smallest absolute Gasteiger partial charge is 0.306 e. The van der Waals surface area contributed by atoms with Gasteiger partial charge < -0.3 is 14.2 Å². The number of hydrogen-bond acceptors (Lipinski definition) is 6. The van der Waals surface area contributed by atoms with Gasteiger partial charge in [-0.3, -0.25) is 14.4 Å². The second kappa shape index (κ2) is 51.0. The van der Waals surface area contributed by atoms with Crippen LogP contribution in [0.5, 0.6) is 0 Å². The number of ether oxygens (including phenoxy) is 3. The molecule has 0 aliphatic carbocycles. The first-order valence-electron chi connectivity index (χ1n) is 26.6. The molecule has 0 aromatic rings. The number of hydrogen-bond donors (Lipinski definition) is 0. The summed E-state index contributed by atoms with van der Waals surface area (Å²) in [6, 6.07) is 0. The molecular formula is C56H100O6. The van der Waals surface area contributed by atoms with Gasteiger partial charge in [-0.1, -0.05) is 204 Å². The molecular weight excluding hydrogens is 769 g/mol. The normalized spacial score (nSPS) is 12.4. The highest BCUT2D eigenvalue weighted by molar-refractivity contribution is 5.71. The Morgan fingerprint density at radius 1 is 0.339 bits per heavy atom. The minimum Gasteiger partial charge on any atom is -0.462 e. The molecule has 1 atom stereocenters. The summed E-state index contributed by atoms with van der Waals surface area (Å²) in [7, 11) is 0. The van der Waals surface area contributed by atoms with Crippen LogP contribution in [0.2, 0.25) is 0 Å². The summed E-state index contributed by atoms with van der Waals surface area (Å²) < 4.78 is 16.7. The highest BCUT2D eigenvalue weighted by atomic mass is 16.6. The maximum atomic E-state index is 12.8. The molecule has 360 valence electrons. The van der Waals surface area contributed by atoms with E-state index in [0.717, 1.165) is 77.0 Å². The van der Waals surface area contributed by atoms with Crippen molar-refractivity contribution < 1.29 is 28.6 Å². The number of unbranched alkanes of at least 4 members (excludes halogenated alkanes) is 29. The quantitative estimate of drug-likeness (QED) is 0.0262. The molecule has 0 rings (SSSR count). The lowest BCUT2D eigenvalue weighted by atomic mass is 10.1. The van der Waals surface area contributed by atoms with Crippen LogP contribution < -0.4 is 0 Å². The standard InChI is InChI=1S/C56H100O6/c1-4-7-10-13-16-19-21-23-25-27-29-30-32-34-37-40-43-46-49-55(58)61-52-53(51-60-54(57)48-45-42-39-36-18-15-12-9-6-3)62-56(59)50-47-44-41-38-35-33-31-28-26-24-22-20-17-14-11-8-5-2/h9,12,18,24,26,29-30,36,53H,4-8,10-11,13-17,19-23,25,27-28,31-35,37-52H2,1-3H3/b12-9-,26-24-,30-29-,36-18-. The lowest BCUT2D eigenvalue weighted by molar-refractivity contribution is -0.167. The number of rotatable bonds is 48. The Hall–Kier alpha value is -2.63. The largest absolute Gasteiger partial charge is 0.462 e. The number of allylic oxidation sites excluding steroid dienone is 8. The summed E-state index contributed by atoms with van der Waals surface area (Å²) in [6.45, 7) is 6.49. The molecule has 0 heterocycles. The molecule has 0 saturated heterocycles. The van der Waals surface area contributed by atoms with Crippen LogP contribution >= 0.6 is 0 Å². The minimum absolute atomic E-state index is 0.0885. The molecule has 0 N–H and O–H groups in total. The fourth-order valence-corrected chi connectivity index (χ4v) is 7.53. The highest BCUT2D eigenvalue weighted by Gasteiger charge is 2.19. The Labute approximate surface area is 384 Å². The van der Waals surface area contributed by atoms with Crippen molar-refractivity contribution in [1.29, 1.82) is 0 Å². The molecule has 0 radical (unpaired) electrons. The Balaban J connectivity index is 4.32. The molecule has 6 nitrogen and oxygen atoms in total. The van der Waals surface area contributed by atoms with E-state index in [0.29, 0.717) is 19.3 Å². The van der Waals surface area contributed by atoms with Crippen molar-refractivity contribution in [3.05, 3.63) is 48.6 Å². The van der Waals surface area contributed by atoms with Gasteiger partial charge in [-0.25, -0.2) is 0 Å². The lowest BCUT2D eigenvalue weighted by Gasteiger charge is -2.18. The van der Waals surface area contributed by atoms with Crippen molar-refractivity contribution in [1.82, 2.24) is 0 Å². The van der Waals surface area contributed by atoms with Crippen LogP contribution in [0, 0.1) is 0 Å². The third-order valence-corrected chi connectivity index (χ3v) is 11.5. The number of esters is 3. The molecule has 0 aliphatic heterocycles. The van der Waals surface area contributed by atoms with Gasteiger partial charge in [0, 0.05) is 19.3 Å². The zero-order valence-corrected chi connectivity index (χ0v) is 41.1. The van der Waals surface area contributed by atoms with Crippen LogP contribution in [-0.4, -0.2) is 37.2 Å². The summed E-state index contributed by atoms with van der Waals surface area (Å²) in [6.07, 6.45) is 61.1. The second-order valence-electron chi connectivity index (χ2n) is 17.7. The SMILES string of the molecule is CC/C=C\C/C=C\CCCCC(=O)OCC(COC(=O)CCCCCCC/C=C\CCCCCCCCCCC)OC(=O)CCCCCCCCC/C=C\CCCCCCCC. The van der Waals surface area contributed by atoms with Crippen molar-refractivity contribution >= 4 is 17.9 Å². The van der Waals surface area contributed by atoms with Gasteiger partial charge in [-0.15, -0.1) is 0 Å². The lowest BCUT2D eigenvalue weighted by Crippen LogP contribution is -2.30. The van der Waals surface area contributed by atoms with Gasteiger partial charge in [-0.2, -0.15) is 0 Å². The fourth-order valence-electron chi connectivity index (χ4n) is 7.53. The molecule has 6 heteroatoms. The molecule has 0 aromatic carbocycles. The predicted octanol–water partition coefficient (Wildman–Crippen LogP) is 17.5. The maximum absolute atomic E-state index is 12.8. The van der Waals surface area contributed by atoms with E-state index in [9.17, 15) is 14.4 Å². The molecule has 0 saturated carbocycles. The van der Waals surface area contributed by atoms with Crippen LogP contribution in [0.1, 0.15) is 271 Å². The molecule has 0 aliphatic rings. The summed E-state index contributed by atoms with van der Waals surface area (Å²) in [4.78, 5) is 37.9. The van der Waals surface area contributed by atoms with E-state index < -0.39 is 6.10 Å². The van der Waals surface area contributed by atoms with E-state index in [4.69, 9.17) is 14.2 Å². The molecule has 0 fully saturated rings. The van der Waals surface area contributed by atoms with Gasteiger partial charge in [0.05, 0.1) is 0 Å². The van der Waals surface area contributed by atoms with E-state index in [1.165, 1.54) is 154 Å². The monoisotopic (exact) mass is 869 g/mol. The van der Waals surface area contributed by atoms with Crippen molar-refractivity contribution in [3.63, 3.8) is 0 Å². The van der Waals surface area contributed by atoms with Crippen LogP contribution in [0.25, 0.3) is 0 Å². The predicted molar refractivity (Wildman–Crippen MR) is 265 cm³/mol. The molecule has 62 heavy (non-hydrogen) atoms. The summed E-state index contributed by atoms with van der Waals surface area (Å²) in [5.41, 5.74) is 0. The van der Waals surface area contributed by atoms with Gasteiger partial charge in [-0.05, 0) is 96.3 Å². The van der Waals surface area contributed by atoms with Gasteiger partial charge in [0.2, 0.25) is 0 Å². The van der Waals surface area contributed by atoms with Crippen LogP contribution in [0.3, 0.4) is 0 Å². The average molecular weight is 869 g/mol. The third-order valence-electron chi connectivity index (χ3n) is 11.5. The fraction of sp³-hybridized carbons (Fsp3) is 0.804. The first-order chi connectivity index (χ1) is 30.5. The van der Waals surface area contributed by atoms with Crippen LogP contribution in [0.15, 0.2) is 48.6 Å². The second-order valence-corrected chi connectivity index (χ2v) is 17.7. The van der Waals surface area contributed by atoms with Crippen molar-refractivity contribution in [2.45, 2.75) is 277 Å². The highest BCUT2D eigenvalue weighted by Crippen LogP contribution is 2.15. The van der Waals surface area contributed by atoms with E-state index >= 15 is 0 Å². The summed E-state index contributed by atoms with van der Waals surface area (Å²) in [5.74, 6) is -0.932. The molecule has 0 spiro atoms. The third kappa shape index (κ3) is 48.4. The van der Waals surface area contributed by atoms with Gasteiger partial charge in [0.15, 0.2) is 6.10 Å². The first-order valence-corrected chi connectivity index (χ1v) is 26.6. The average Bonchev–Trinajstić information content (AvgIpc) is 3.27. The summed E-state index contributed by atoms with van der Waals surface area (Å²) in [5, 5.41) is 0. The van der Waals surface area contributed by atoms with Crippen LogP contribution in [-0.2, 0) is 28.6 Å². The number of carbonyl (C=O) groups is 3. The van der Waals surface area contributed by atoms with Gasteiger partial charge in [0.25, 0.3) is 0 Å². The summed E-state index contributed by atoms with van der Waals surface area (Å²) >= 11 is 0. The van der Waals surface area contributed by atoms with E-state index in [-0.39, 0.29) is 31.1 Å². The van der Waals surface area contributed by atoms with E-state index in [2.05, 4.69) is 69.4 Å². The zero-order valence-electron chi connectivity index (χ0n) is 41.1. The Bertz CT molecular complexity index is 1090. The van der Waals surface area contributed by atoms with E-state index in [1.54, 1.807) is 0 Å². The van der Waals surface area contributed by atoms with Crippen molar-refractivity contribution in [2.24, 2.45) is 0 Å². The Kier molecular flexibility index (Phi) is 48.8. The number of carbonyl (C=O) groups excluding carboxylic acids is 3. The Morgan fingerprint density at radius 2 is 0.629 bits per heavy atom. The van der Waals surface area contributed by atoms with Gasteiger partial charge in [0.1, 0.15) is 13.2 Å². The first kappa shape index (κ1) is 59.4. The minimum atomic E-state index is -0.789. The zero-order chi connectivity index (χ0) is 45.1. The van der Waals surface area contributed by atoms with Crippen molar-refractivity contribution in [3.8, 4) is 0 Å². The van der Waals surface area contributed by atoms with Crippen LogP contribution in [0.4, 0.5) is 0 Å². The van der Waals surface area contributed by atoms with E-state index in [1.807, 2.05) is 0 Å². The Morgan fingerprint density at radius 3 is 1.02 bits per heavy atom. The molecule has 0 aromatic heterocycles. The maximum Gasteiger partial charge on any atom is 0.306 e. The van der Waals surface area contributed by atoms with Crippen molar-refractivity contribution in [2.75, 3.05) is 13.2 Å². The molecule has 1 unspecified atom stereocenters. The molecule has 0 amide bonds. The topological polar surface area (TPSA) is 78.9 Å². The molecule has 0 bridgehead atoms.